The van der Waals surface area contributed by atoms with Crippen molar-refractivity contribution >= 4 is 5.95 Å². The molecule has 0 bridgehead atoms. The van der Waals surface area contributed by atoms with Crippen molar-refractivity contribution in [2.45, 2.75) is 6.10 Å². The molecule has 122 valence electrons. The largest absolute Gasteiger partial charge is 0.439 e. The van der Waals surface area contributed by atoms with E-state index in [-0.39, 0.29) is 12.4 Å². The maximum absolute atomic E-state index is 12.9. The Morgan fingerprint density at radius 2 is 1.79 bits per heavy atom. The first-order valence-electron chi connectivity index (χ1n) is 7.29. The number of nitrogens with one attached hydrogen (secondary N) is 1. The first kappa shape index (κ1) is 15.8. The molecule has 0 saturated carbocycles. The monoisotopic (exact) mass is 326 g/mol. The second-order valence-electron chi connectivity index (χ2n) is 4.95. The van der Waals surface area contributed by atoms with E-state index in [4.69, 9.17) is 4.74 Å². The Kier molecular flexibility index (Phi) is 4.93. The highest BCUT2D eigenvalue weighted by Gasteiger charge is 2.08. The number of halogens is 1. The fourth-order valence-electron chi connectivity index (χ4n) is 2.00. The highest BCUT2D eigenvalue weighted by Crippen LogP contribution is 2.20. The minimum Gasteiger partial charge on any atom is -0.439 e. The zero-order valence-corrected chi connectivity index (χ0v) is 12.6. The molecular formula is C17H15FN4O2. The lowest BCUT2D eigenvalue weighted by molar-refractivity contribution is 0.191. The maximum atomic E-state index is 12.9. The summed E-state index contributed by atoms with van der Waals surface area (Å²) in [6, 6.07) is 10.7. The number of aliphatic hydroxyl groups excluding tert-OH is 1. The first-order valence-corrected chi connectivity index (χ1v) is 7.29. The van der Waals surface area contributed by atoms with Gasteiger partial charge in [0.05, 0.1) is 6.10 Å². The topological polar surface area (TPSA) is 80.2 Å². The van der Waals surface area contributed by atoms with Crippen molar-refractivity contribution < 1.29 is 14.2 Å². The molecular weight excluding hydrogens is 311 g/mol. The van der Waals surface area contributed by atoms with Gasteiger partial charge in [-0.1, -0.05) is 0 Å². The lowest BCUT2D eigenvalue weighted by atomic mass is 10.1. The summed E-state index contributed by atoms with van der Waals surface area (Å²) < 4.78 is 18.4. The summed E-state index contributed by atoms with van der Waals surface area (Å²) in [5.41, 5.74) is 0.746. The van der Waals surface area contributed by atoms with Crippen molar-refractivity contribution in [2.24, 2.45) is 0 Å². The van der Waals surface area contributed by atoms with Crippen LogP contribution in [0.3, 0.4) is 0 Å². The van der Waals surface area contributed by atoms with E-state index >= 15 is 0 Å². The van der Waals surface area contributed by atoms with E-state index < -0.39 is 6.10 Å². The predicted octanol–water partition coefficient (Wildman–Crippen LogP) is 2.95. The van der Waals surface area contributed by atoms with E-state index in [1.165, 1.54) is 30.5 Å². The zero-order valence-electron chi connectivity index (χ0n) is 12.6. The van der Waals surface area contributed by atoms with Crippen molar-refractivity contribution in [1.82, 2.24) is 15.0 Å². The summed E-state index contributed by atoms with van der Waals surface area (Å²) >= 11 is 0. The average molecular weight is 326 g/mol. The molecule has 0 amide bonds. The van der Waals surface area contributed by atoms with Crippen molar-refractivity contribution in [1.29, 1.82) is 0 Å². The van der Waals surface area contributed by atoms with Gasteiger partial charge < -0.3 is 15.2 Å². The number of pyridine rings is 1. The second-order valence-corrected chi connectivity index (χ2v) is 4.95. The molecule has 0 aliphatic heterocycles. The van der Waals surface area contributed by atoms with E-state index in [2.05, 4.69) is 20.3 Å². The molecule has 7 heteroatoms. The molecule has 3 rings (SSSR count). The molecule has 1 atom stereocenters. The third-order valence-electron chi connectivity index (χ3n) is 3.21. The molecule has 0 spiro atoms. The molecule has 0 fully saturated rings. The van der Waals surface area contributed by atoms with Crippen molar-refractivity contribution in [3.8, 4) is 11.6 Å². The molecule has 2 heterocycles. The maximum Gasteiger partial charge on any atom is 0.226 e. The Balaban J connectivity index is 1.62. The summed E-state index contributed by atoms with van der Waals surface area (Å²) in [5.74, 6) is 0.774. The van der Waals surface area contributed by atoms with Gasteiger partial charge in [0.2, 0.25) is 11.8 Å². The van der Waals surface area contributed by atoms with Crippen LogP contribution in [0.4, 0.5) is 10.3 Å². The van der Waals surface area contributed by atoms with Gasteiger partial charge >= 0.3 is 0 Å². The average Bonchev–Trinajstić information content (AvgIpc) is 2.63. The molecule has 2 aromatic heterocycles. The number of rotatable bonds is 6. The normalized spacial score (nSPS) is 11.8. The van der Waals surface area contributed by atoms with Crippen LogP contribution < -0.4 is 10.1 Å². The van der Waals surface area contributed by atoms with Gasteiger partial charge in [-0.05, 0) is 42.0 Å². The third-order valence-corrected chi connectivity index (χ3v) is 3.21. The third kappa shape index (κ3) is 4.23. The number of hydrogen-bond acceptors (Lipinski definition) is 6. The molecule has 6 nitrogen and oxygen atoms in total. The highest BCUT2D eigenvalue weighted by molar-refractivity contribution is 5.32. The Hall–Kier alpha value is -3.06. The summed E-state index contributed by atoms with van der Waals surface area (Å²) in [5, 5.41) is 13.0. The van der Waals surface area contributed by atoms with Gasteiger partial charge in [-0.25, -0.2) is 9.37 Å². The second kappa shape index (κ2) is 7.47. The molecule has 0 aliphatic carbocycles. The van der Waals surface area contributed by atoms with Gasteiger partial charge in [0.1, 0.15) is 11.6 Å². The van der Waals surface area contributed by atoms with Crippen LogP contribution in [0.2, 0.25) is 0 Å². The van der Waals surface area contributed by atoms with Crippen LogP contribution in [-0.4, -0.2) is 26.6 Å². The number of nitrogens with zero attached hydrogens (tertiary/aromatic N) is 3. The molecule has 24 heavy (non-hydrogen) atoms. The van der Waals surface area contributed by atoms with Crippen LogP contribution in [0.5, 0.6) is 11.6 Å². The molecule has 0 saturated heterocycles. The number of benzene rings is 1. The Bertz CT molecular complexity index is 784. The SMILES string of the molecule is O[C@@H](CNc1nccc(Oc2ccc(F)cc2)n1)c1ccncc1. The molecule has 3 aromatic rings. The van der Waals surface area contributed by atoms with Gasteiger partial charge in [-0.15, -0.1) is 0 Å². The van der Waals surface area contributed by atoms with Gasteiger partial charge in [-0.2, -0.15) is 4.98 Å². The molecule has 0 radical (unpaired) electrons. The van der Waals surface area contributed by atoms with E-state index in [1.807, 2.05) is 0 Å². The summed E-state index contributed by atoms with van der Waals surface area (Å²) in [6.07, 6.45) is 4.06. The fourth-order valence-corrected chi connectivity index (χ4v) is 2.00. The van der Waals surface area contributed by atoms with Gasteiger partial charge in [0.25, 0.3) is 0 Å². The number of aliphatic hydroxyl groups is 1. The van der Waals surface area contributed by atoms with Crippen LogP contribution in [0.25, 0.3) is 0 Å². The van der Waals surface area contributed by atoms with Crippen LogP contribution >= 0.6 is 0 Å². The van der Waals surface area contributed by atoms with Gasteiger partial charge in [0.15, 0.2) is 0 Å². The van der Waals surface area contributed by atoms with E-state index in [0.717, 1.165) is 5.56 Å². The van der Waals surface area contributed by atoms with Gasteiger partial charge in [0, 0.05) is 31.2 Å². The smallest absolute Gasteiger partial charge is 0.226 e. The number of ether oxygens (including phenoxy) is 1. The number of anilines is 1. The van der Waals surface area contributed by atoms with Crippen LogP contribution in [0, 0.1) is 5.82 Å². The summed E-state index contributed by atoms with van der Waals surface area (Å²) in [6.45, 7) is 0.240. The van der Waals surface area contributed by atoms with E-state index in [1.54, 1.807) is 30.6 Å². The number of aromatic nitrogens is 3. The van der Waals surface area contributed by atoms with E-state index in [9.17, 15) is 9.50 Å². The lowest BCUT2D eigenvalue weighted by Gasteiger charge is -2.12. The van der Waals surface area contributed by atoms with Crippen molar-refractivity contribution in [3.05, 3.63) is 72.4 Å². The Morgan fingerprint density at radius 3 is 2.54 bits per heavy atom. The molecule has 0 aliphatic rings. The highest BCUT2D eigenvalue weighted by atomic mass is 19.1. The minimum absolute atomic E-state index is 0.240. The lowest BCUT2D eigenvalue weighted by Crippen LogP contribution is -2.14. The number of hydrogen-bond donors (Lipinski definition) is 2. The van der Waals surface area contributed by atoms with E-state index in [0.29, 0.717) is 17.6 Å². The van der Waals surface area contributed by atoms with Crippen molar-refractivity contribution in [3.63, 3.8) is 0 Å². The quantitative estimate of drug-likeness (QED) is 0.725. The first-order chi connectivity index (χ1) is 11.7. The standard InChI is InChI=1S/C17H15FN4O2/c18-13-1-3-14(4-2-13)24-16-7-10-20-17(22-16)21-11-15(23)12-5-8-19-9-6-12/h1-10,15,23H,11H2,(H,20,21,22)/t15-/m0/s1. The fraction of sp³-hybridized carbons (Fsp3) is 0.118. The van der Waals surface area contributed by atoms with Crippen molar-refractivity contribution in [2.75, 3.05) is 11.9 Å². The Labute approximate surface area is 138 Å². The van der Waals surface area contributed by atoms with Crippen LogP contribution in [-0.2, 0) is 0 Å². The van der Waals surface area contributed by atoms with Crippen LogP contribution in [0.1, 0.15) is 11.7 Å². The summed E-state index contributed by atoms with van der Waals surface area (Å²) in [7, 11) is 0. The summed E-state index contributed by atoms with van der Waals surface area (Å²) in [4.78, 5) is 12.2. The minimum atomic E-state index is -0.710. The van der Waals surface area contributed by atoms with Crippen LogP contribution in [0.15, 0.2) is 61.1 Å². The molecule has 0 unspecified atom stereocenters. The van der Waals surface area contributed by atoms with Gasteiger partial charge in [-0.3, -0.25) is 4.98 Å². The molecule has 2 N–H and O–H groups in total. The Morgan fingerprint density at radius 1 is 1.04 bits per heavy atom. The predicted molar refractivity (Wildman–Crippen MR) is 86.2 cm³/mol. The zero-order chi connectivity index (χ0) is 16.8. The molecule has 1 aromatic carbocycles.